The van der Waals surface area contributed by atoms with E-state index in [2.05, 4.69) is 10.2 Å². The van der Waals surface area contributed by atoms with Crippen molar-refractivity contribution in [3.63, 3.8) is 0 Å². The number of rotatable bonds is 2. The SMILES string of the molecule is NS(=O)(=O)C1CC(=O)N(c2cc(Cl)nnc2Cl)C1. The third kappa shape index (κ3) is 2.56. The Labute approximate surface area is 113 Å². The van der Waals surface area contributed by atoms with Crippen molar-refractivity contribution in [2.24, 2.45) is 5.14 Å². The van der Waals surface area contributed by atoms with Crippen LogP contribution >= 0.6 is 23.2 Å². The quantitative estimate of drug-likeness (QED) is 0.838. The molecule has 0 aromatic carbocycles. The zero-order valence-electron chi connectivity index (χ0n) is 8.88. The molecule has 1 aromatic heterocycles. The van der Waals surface area contributed by atoms with E-state index in [0.717, 1.165) is 0 Å². The molecule has 1 aromatic rings. The number of nitrogens with two attached hydrogens (primary N) is 1. The molecule has 0 saturated carbocycles. The lowest BCUT2D eigenvalue weighted by atomic mass is 10.4. The summed E-state index contributed by atoms with van der Waals surface area (Å²) in [6.07, 6.45) is -0.185. The molecule has 2 N–H and O–H groups in total. The number of nitrogens with zero attached hydrogens (tertiary/aromatic N) is 3. The van der Waals surface area contributed by atoms with Gasteiger partial charge in [-0.05, 0) is 0 Å². The summed E-state index contributed by atoms with van der Waals surface area (Å²) in [7, 11) is -3.77. The maximum atomic E-state index is 11.8. The molecule has 1 atom stereocenters. The van der Waals surface area contributed by atoms with Crippen LogP contribution in [0.3, 0.4) is 0 Å². The lowest BCUT2D eigenvalue weighted by Gasteiger charge is -2.16. The Bertz CT molecular complexity index is 606. The van der Waals surface area contributed by atoms with E-state index in [-0.39, 0.29) is 29.0 Å². The second-order valence-electron chi connectivity index (χ2n) is 3.76. The minimum absolute atomic E-state index is 0.0252. The zero-order valence-corrected chi connectivity index (χ0v) is 11.2. The van der Waals surface area contributed by atoms with E-state index >= 15 is 0 Å². The molecule has 1 aliphatic rings. The van der Waals surface area contributed by atoms with E-state index in [1.54, 1.807) is 0 Å². The van der Waals surface area contributed by atoms with Gasteiger partial charge in [-0.2, -0.15) is 0 Å². The van der Waals surface area contributed by atoms with Crippen molar-refractivity contribution in [3.05, 3.63) is 16.4 Å². The predicted molar refractivity (Wildman–Crippen MR) is 65.9 cm³/mol. The van der Waals surface area contributed by atoms with E-state index in [1.807, 2.05) is 0 Å². The Hall–Kier alpha value is -0.960. The number of anilines is 1. The van der Waals surface area contributed by atoms with Crippen molar-refractivity contribution in [1.29, 1.82) is 0 Å². The van der Waals surface area contributed by atoms with Crippen molar-refractivity contribution in [1.82, 2.24) is 10.2 Å². The molecule has 2 rings (SSSR count). The number of sulfonamides is 1. The van der Waals surface area contributed by atoms with Crippen LogP contribution in [-0.2, 0) is 14.8 Å². The highest BCUT2D eigenvalue weighted by Gasteiger charge is 2.38. The number of aromatic nitrogens is 2. The molecule has 10 heteroatoms. The van der Waals surface area contributed by atoms with Gasteiger partial charge in [-0.25, -0.2) is 13.6 Å². The van der Waals surface area contributed by atoms with Crippen molar-refractivity contribution in [2.45, 2.75) is 11.7 Å². The van der Waals surface area contributed by atoms with E-state index < -0.39 is 21.2 Å². The van der Waals surface area contributed by atoms with E-state index in [4.69, 9.17) is 28.3 Å². The fourth-order valence-corrected chi connectivity index (χ4v) is 2.73. The van der Waals surface area contributed by atoms with Gasteiger partial charge in [0.05, 0.1) is 5.69 Å². The molecule has 98 valence electrons. The van der Waals surface area contributed by atoms with Crippen molar-refractivity contribution in [3.8, 4) is 0 Å². The van der Waals surface area contributed by atoms with Crippen LogP contribution < -0.4 is 10.0 Å². The highest BCUT2D eigenvalue weighted by atomic mass is 35.5. The van der Waals surface area contributed by atoms with E-state index in [9.17, 15) is 13.2 Å². The zero-order chi connectivity index (χ0) is 13.5. The maximum absolute atomic E-state index is 11.8. The largest absolute Gasteiger partial charge is 0.308 e. The fraction of sp³-hybridized carbons (Fsp3) is 0.375. The second-order valence-corrected chi connectivity index (χ2v) is 6.35. The number of hydrogen-bond donors (Lipinski definition) is 1. The monoisotopic (exact) mass is 310 g/mol. The summed E-state index contributed by atoms with van der Waals surface area (Å²) in [5.41, 5.74) is 0.229. The lowest BCUT2D eigenvalue weighted by Crippen LogP contribution is -2.32. The average molecular weight is 311 g/mol. The number of carbonyl (C=O) groups excluding carboxylic acids is 1. The van der Waals surface area contributed by atoms with Gasteiger partial charge in [0.1, 0.15) is 5.25 Å². The molecule has 1 saturated heterocycles. The van der Waals surface area contributed by atoms with Gasteiger partial charge in [0, 0.05) is 19.0 Å². The number of hydrogen-bond acceptors (Lipinski definition) is 5. The van der Waals surface area contributed by atoms with Crippen LogP contribution in [0.25, 0.3) is 0 Å². The molecule has 0 aliphatic carbocycles. The molecular weight excluding hydrogens is 303 g/mol. The number of primary sulfonamides is 1. The molecule has 1 aliphatic heterocycles. The van der Waals surface area contributed by atoms with Crippen LogP contribution in [0.5, 0.6) is 0 Å². The normalized spacial score (nSPS) is 20.5. The smallest absolute Gasteiger partial charge is 0.228 e. The molecule has 1 fully saturated rings. The van der Waals surface area contributed by atoms with Crippen LogP contribution in [-0.4, -0.2) is 36.3 Å². The topological polar surface area (TPSA) is 106 Å². The van der Waals surface area contributed by atoms with Gasteiger partial charge in [0.15, 0.2) is 10.3 Å². The van der Waals surface area contributed by atoms with E-state index in [1.165, 1.54) is 11.0 Å². The molecule has 7 nitrogen and oxygen atoms in total. The Morgan fingerprint density at radius 1 is 1.39 bits per heavy atom. The summed E-state index contributed by atoms with van der Waals surface area (Å²) in [6.45, 7) is -0.0700. The third-order valence-electron chi connectivity index (χ3n) is 2.55. The van der Waals surface area contributed by atoms with Crippen LogP contribution in [0.2, 0.25) is 10.3 Å². The predicted octanol–water partition coefficient (Wildman–Crippen LogP) is 0.177. The summed E-state index contributed by atoms with van der Waals surface area (Å²) in [5, 5.41) is 11.2. The van der Waals surface area contributed by atoms with Gasteiger partial charge >= 0.3 is 0 Å². The van der Waals surface area contributed by atoms with Crippen LogP contribution in [0, 0.1) is 0 Å². The second kappa shape index (κ2) is 4.61. The first-order chi connectivity index (χ1) is 8.29. The first-order valence-electron chi connectivity index (χ1n) is 4.79. The Kier molecular flexibility index (Phi) is 3.45. The van der Waals surface area contributed by atoms with Gasteiger partial charge in [-0.3, -0.25) is 4.79 Å². The standard InChI is InChI=1S/C8H8Cl2N4O3S/c9-6-2-5(8(10)13-12-6)14-3-4(1-7(14)15)18(11,16)17/h2,4H,1,3H2,(H2,11,16,17). The van der Waals surface area contributed by atoms with Crippen molar-refractivity contribution < 1.29 is 13.2 Å². The minimum Gasteiger partial charge on any atom is -0.308 e. The molecule has 2 heterocycles. The highest BCUT2D eigenvalue weighted by molar-refractivity contribution is 7.89. The summed E-state index contributed by atoms with van der Waals surface area (Å²) in [5.74, 6) is -0.403. The lowest BCUT2D eigenvalue weighted by molar-refractivity contribution is -0.117. The Morgan fingerprint density at radius 2 is 2.06 bits per heavy atom. The van der Waals surface area contributed by atoms with Crippen LogP contribution in [0.4, 0.5) is 5.69 Å². The molecule has 0 bridgehead atoms. The van der Waals surface area contributed by atoms with Crippen molar-refractivity contribution >= 4 is 44.8 Å². The van der Waals surface area contributed by atoms with Gasteiger partial charge in [-0.15, -0.1) is 10.2 Å². The number of carbonyl (C=O) groups is 1. The molecular formula is C8H8Cl2N4O3S. The van der Waals surface area contributed by atoms with Gasteiger partial charge in [0.25, 0.3) is 0 Å². The number of amides is 1. The first-order valence-corrected chi connectivity index (χ1v) is 7.16. The maximum Gasteiger partial charge on any atom is 0.228 e. The Morgan fingerprint density at radius 3 is 2.61 bits per heavy atom. The third-order valence-corrected chi connectivity index (χ3v) is 4.24. The van der Waals surface area contributed by atoms with Gasteiger partial charge in [-0.1, -0.05) is 23.2 Å². The average Bonchev–Trinajstić information content (AvgIpc) is 2.64. The molecule has 1 amide bonds. The molecule has 0 spiro atoms. The van der Waals surface area contributed by atoms with E-state index in [0.29, 0.717) is 0 Å². The van der Waals surface area contributed by atoms with Gasteiger partial charge in [0.2, 0.25) is 15.9 Å². The summed E-state index contributed by atoms with van der Waals surface area (Å²) in [4.78, 5) is 12.9. The van der Waals surface area contributed by atoms with Crippen LogP contribution in [0.15, 0.2) is 6.07 Å². The number of halogens is 2. The molecule has 18 heavy (non-hydrogen) atoms. The summed E-state index contributed by atoms with van der Waals surface area (Å²) >= 11 is 11.5. The molecule has 0 radical (unpaired) electrons. The fourth-order valence-electron chi connectivity index (χ4n) is 1.66. The Balaban J connectivity index is 2.35. The minimum atomic E-state index is -3.77. The molecule has 1 unspecified atom stereocenters. The van der Waals surface area contributed by atoms with Crippen molar-refractivity contribution in [2.75, 3.05) is 11.4 Å². The highest BCUT2D eigenvalue weighted by Crippen LogP contribution is 2.30. The summed E-state index contributed by atoms with van der Waals surface area (Å²) < 4.78 is 22.4. The van der Waals surface area contributed by atoms with Gasteiger partial charge < -0.3 is 4.90 Å². The van der Waals surface area contributed by atoms with Crippen LogP contribution in [0.1, 0.15) is 6.42 Å². The summed E-state index contributed by atoms with van der Waals surface area (Å²) in [6, 6.07) is 1.35. The first kappa shape index (κ1) is 13.5.